The summed E-state index contributed by atoms with van der Waals surface area (Å²) in [5, 5.41) is 7.58. The van der Waals surface area contributed by atoms with E-state index in [0.717, 1.165) is 17.0 Å². The summed E-state index contributed by atoms with van der Waals surface area (Å²) in [6.45, 7) is -1.83. The Morgan fingerprint density at radius 2 is 2.06 bits per heavy atom. The van der Waals surface area contributed by atoms with Gasteiger partial charge < -0.3 is 9.52 Å². The average molecular weight is 289 g/mol. The second-order valence-electron chi connectivity index (χ2n) is 2.91. The van der Waals surface area contributed by atoms with Crippen molar-refractivity contribution in [2.45, 2.75) is 11.3 Å². The number of alkyl halides is 3. The van der Waals surface area contributed by atoms with Crippen LogP contribution in [-0.4, -0.2) is 32.3 Å². The van der Waals surface area contributed by atoms with Gasteiger partial charge in [0.15, 0.2) is 6.61 Å². The molecule has 0 aliphatic heterocycles. The van der Waals surface area contributed by atoms with Gasteiger partial charge in [-0.2, -0.15) is 13.2 Å². The molecule has 1 heterocycles. The summed E-state index contributed by atoms with van der Waals surface area (Å²) in [6.07, 6.45) is -4.71. The van der Waals surface area contributed by atoms with Gasteiger partial charge in [-0.3, -0.25) is 4.84 Å². The van der Waals surface area contributed by atoms with E-state index in [-0.39, 0.29) is 0 Å². The Bertz CT molecular complexity index is 534. The van der Waals surface area contributed by atoms with Crippen LogP contribution in [0.3, 0.4) is 0 Å². The van der Waals surface area contributed by atoms with E-state index in [1.165, 1.54) is 0 Å². The molecule has 0 aliphatic carbocycles. The minimum absolute atomic E-state index is 0.675. The maximum absolute atomic E-state index is 11.7. The van der Waals surface area contributed by atoms with Crippen molar-refractivity contribution in [2.24, 2.45) is 0 Å². The molecule has 0 saturated carbocycles. The summed E-state index contributed by atoms with van der Waals surface area (Å²) in [5.41, 5.74) is 0. The van der Waals surface area contributed by atoms with E-state index < -0.39 is 39.6 Å². The van der Waals surface area contributed by atoms with E-state index in [4.69, 9.17) is 5.11 Å². The van der Waals surface area contributed by atoms with Gasteiger partial charge >= 0.3 is 12.1 Å². The minimum atomic E-state index is -4.71. The number of carboxylic acids is 1. The lowest BCUT2D eigenvalue weighted by molar-refractivity contribution is -0.181. The van der Waals surface area contributed by atoms with E-state index in [1.807, 2.05) is 0 Å². The van der Waals surface area contributed by atoms with E-state index in [9.17, 15) is 26.4 Å². The van der Waals surface area contributed by atoms with Crippen molar-refractivity contribution in [1.82, 2.24) is 4.89 Å². The molecule has 11 heteroatoms. The zero-order valence-electron chi connectivity index (χ0n) is 8.39. The van der Waals surface area contributed by atoms with Crippen molar-refractivity contribution >= 4 is 16.0 Å². The lowest BCUT2D eigenvalue weighted by atomic mass is 10.5. The molecule has 18 heavy (non-hydrogen) atoms. The SMILES string of the molecule is O=C(O)c1ccc(S(=O)(=O)NOCC(F)(F)F)o1. The highest BCUT2D eigenvalue weighted by Gasteiger charge is 2.30. The molecule has 0 atom stereocenters. The van der Waals surface area contributed by atoms with Gasteiger partial charge in [0, 0.05) is 0 Å². The molecule has 0 unspecified atom stereocenters. The Labute approximate surface area is 98.2 Å². The van der Waals surface area contributed by atoms with E-state index in [1.54, 1.807) is 0 Å². The van der Waals surface area contributed by atoms with Crippen LogP contribution in [0.5, 0.6) is 0 Å². The zero-order valence-corrected chi connectivity index (χ0v) is 9.21. The molecule has 0 saturated heterocycles. The third-order valence-corrected chi connectivity index (χ3v) is 2.55. The molecule has 102 valence electrons. The van der Waals surface area contributed by atoms with Crippen molar-refractivity contribution in [3.05, 3.63) is 17.9 Å². The topological polar surface area (TPSA) is 106 Å². The summed E-state index contributed by atoms with van der Waals surface area (Å²) < 4.78 is 62.0. The molecule has 0 fully saturated rings. The van der Waals surface area contributed by atoms with Crippen LogP contribution in [-0.2, 0) is 14.9 Å². The monoisotopic (exact) mass is 289 g/mol. The van der Waals surface area contributed by atoms with E-state index in [0.29, 0.717) is 0 Å². The standard InChI is InChI=1S/C7H6F3NO6S/c8-7(9,10)3-16-11-18(14,15)5-2-1-4(17-5)6(12)13/h1-2,11H,3H2,(H,12,13). The molecule has 1 aromatic heterocycles. The highest BCUT2D eigenvalue weighted by Crippen LogP contribution is 2.16. The van der Waals surface area contributed by atoms with Crippen LogP contribution in [0.25, 0.3) is 0 Å². The summed E-state index contributed by atoms with van der Waals surface area (Å²) in [7, 11) is -4.50. The zero-order chi connectivity index (χ0) is 14.0. The first-order chi connectivity index (χ1) is 8.12. The molecule has 0 spiro atoms. The van der Waals surface area contributed by atoms with Gasteiger partial charge in [0.05, 0.1) is 0 Å². The molecular formula is C7H6F3NO6S. The first kappa shape index (κ1) is 14.5. The number of hydrogen-bond acceptors (Lipinski definition) is 5. The highest BCUT2D eigenvalue weighted by atomic mass is 32.2. The van der Waals surface area contributed by atoms with Crippen LogP contribution < -0.4 is 4.89 Å². The van der Waals surface area contributed by atoms with E-state index in [2.05, 4.69) is 9.25 Å². The third kappa shape index (κ3) is 4.01. The number of carboxylic acid groups (broad SMARTS) is 1. The number of rotatable bonds is 5. The smallest absolute Gasteiger partial charge is 0.413 e. The van der Waals surface area contributed by atoms with Gasteiger partial charge in [0.1, 0.15) is 0 Å². The lowest BCUT2D eigenvalue weighted by Gasteiger charge is -2.07. The van der Waals surface area contributed by atoms with Crippen LogP contribution in [0.15, 0.2) is 21.6 Å². The average Bonchev–Trinajstić information content (AvgIpc) is 2.63. The second-order valence-corrected chi connectivity index (χ2v) is 4.49. The van der Waals surface area contributed by atoms with Crippen molar-refractivity contribution < 1.29 is 40.7 Å². The number of sulfonamides is 1. The largest absolute Gasteiger partial charge is 0.475 e. The number of carbonyl (C=O) groups is 1. The molecule has 7 nitrogen and oxygen atoms in total. The van der Waals surface area contributed by atoms with Gasteiger partial charge in [-0.15, -0.1) is 0 Å². The van der Waals surface area contributed by atoms with Crippen molar-refractivity contribution in [3.8, 4) is 0 Å². The Balaban J connectivity index is 2.71. The molecule has 0 aromatic carbocycles. The Morgan fingerprint density at radius 3 is 2.50 bits per heavy atom. The van der Waals surface area contributed by atoms with Crippen LogP contribution in [0.4, 0.5) is 13.2 Å². The van der Waals surface area contributed by atoms with Gasteiger partial charge in [-0.05, 0) is 12.1 Å². The summed E-state index contributed by atoms with van der Waals surface area (Å²) in [5.74, 6) is -2.20. The predicted molar refractivity (Wildman–Crippen MR) is 48.0 cm³/mol. The van der Waals surface area contributed by atoms with Crippen LogP contribution in [0.1, 0.15) is 10.6 Å². The maximum atomic E-state index is 11.7. The van der Waals surface area contributed by atoms with E-state index >= 15 is 0 Å². The first-order valence-electron chi connectivity index (χ1n) is 4.15. The molecule has 1 aromatic rings. The fraction of sp³-hybridized carbons (Fsp3) is 0.286. The molecule has 1 rings (SSSR count). The van der Waals surface area contributed by atoms with Gasteiger partial charge in [-0.25, -0.2) is 13.2 Å². The van der Waals surface area contributed by atoms with Gasteiger partial charge in [0.2, 0.25) is 10.9 Å². The number of aromatic carboxylic acids is 1. The quantitative estimate of drug-likeness (QED) is 0.775. The van der Waals surface area contributed by atoms with Gasteiger partial charge in [0.25, 0.3) is 10.0 Å². The van der Waals surface area contributed by atoms with Crippen molar-refractivity contribution in [1.29, 1.82) is 0 Å². The fourth-order valence-electron chi connectivity index (χ4n) is 0.809. The van der Waals surface area contributed by atoms with Crippen molar-refractivity contribution in [3.63, 3.8) is 0 Å². The molecule has 0 radical (unpaired) electrons. The second kappa shape index (κ2) is 4.96. The van der Waals surface area contributed by atoms with Gasteiger partial charge in [-0.1, -0.05) is 4.89 Å². The number of furan rings is 1. The summed E-state index contributed by atoms with van der Waals surface area (Å²) in [6, 6.07) is 1.60. The number of nitrogens with one attached hydrogen (secondary N) is 1. The first-order valence-corrected chi connectivity index (χ1v) is 5.63. The molecule has 0 aliphatic rings. The maximum Gasteiger partial charge on any atom is 0.413 e. The fourth-order valence-corrected chi connectivity index (χ4v) is 1.55. The number of halogens is 3. The molecule has 2 N–H and O–H groups in total. The lowest BCUT2D eigenvalue weighted by Crippen LogP contribution is -2.29. The van der Waals surface area contributed by atoms with Crippen molar-refractivity contribution in [2.75, 3.05) is 6.61 Å². The normalized spacial score (nSPS) is 12.6. The minimum Gasteiger partial charge on any atom is -0.475 e. The van der Waals surface area contributed by atoms with Crippen LogP contribution in [0, 0.1) is 0 Å². The highest BCUT2D eigenvalue weighted by molar-refractivity contribution is 7.89. The number of hydrogen-bond donors (Lipinski definition) is 2. The Kier molecular flexibility index (Phi) is 3.98. The summed E-state index contributed by atoms with van der Waals surface area (Å²) in [4.78, 5) is 15.3. The van der Waals surface area contributed by atoms with Crippen LogP contribution >= 0.6 is 0 Å². The molecular weight excluding hydrogens is 283 g/mol. The third-order valence-electron chi connectivity index (χ3n) is 1.46. The van der Waals surface area contributed by atoms with Crippen LogP contribution in [0.2, 0.25) is 0 Å². The Morgan fingerprint density at radius 1 is 1.44 bits per heavy atom. The summed E-state index contributed by atoms with van der Waals surface area (Å²) >= 11 is 0. The molecule has 0 amide bonds. The Hall–Kier alpha value is -1.59. The predicted octanol–water partition coefficient (Wildman–Crippen LogP) is 0.750. The molecule has 0 bridgehead atoms.